The zero-order valence-electron chi connectivity index (χ0n) is 8.69. The summed E-state index contributed by atoms with van der Waals surface area (Å²) >= 11 is 0. The van der Waals surface area contributed by atoms with Gasteiger partial charge < -0.3 is 4.74 Å². The summed E-state index contributed by atoms with van der Waals surface area (Å²) in [4.78, 5) is 10.2. The quantitative estimate of drug-likeness (QED) is 0.688. The van der Waals surface area contributed by atoms with Gasteiger partial charge in [-0.2, -0.15) is 0 Å². The predicted octanol–water partition coefficient (Wildman–Crippen LogP) is 2.79. The number of carbonyl (C=O) groups excluding carboxylic acids is 1. The first kappa shape index (κ1) is 12.6. The smallest absolute Gasteiger partial charge is 0.150 e. The van der Waals surface area contributed by atoms with E-state index in [1.54, 1.807) is 25.3 Å². The van der Waals surface area contributed by atoms with Gasteiger partial charge in [0.1, 0.15) is 6.29 Å². The molecule has 0 saturated carbocycles. The highest BCUT2D eigenvalue weighted by Gasteiger charge is 1.86. The van der Waals surface area contributed by atoms with Crippen LogP contribution < -0.4 is 0 Å². The number of hydrogen-bond donors (Lipinski definition) is 0. The lowest BCUT2D eigenvalue weighted by Crippen LogP contribution is -1.77. The molecule has 0 saturated heterocycles. The minimum Gasteiger partial charge on any atom is -0.385 e. The molecule has 0 unspecified atom stereocenters. The van der Waals surface area contributed by atoms with E-state index in [0.29, 0.717) is 5.56 Å². The Hall–Kier alpha value is -1.41. The molecule has 0 bridgehead atoms. The molecule has 0 aliphatic rings. The molecule has 0 N–H and O–H groups in total. The largest absolute Gasteiger partial charge is 0.385 e. The van der Waals surface area contributed by atoms with Gasteiger partial charge in [0, 0.05) is 19.3 Å². The summed E-state index contributed by atoms with van der Waals surface area (Å²) in [5.74, 6) is 0. The van der Waals surface area contributed by atoms with E-state index in [9.17, 15) is 4.79 Å². The van der Waals surface area contributed by atoms with Crippen molar-refractivity contribution >= 4 is 12.4 Å². The molecule has 14 heavy (non-hydrogen) atoms. The SMILES string of the molecule is C=Cc1ccc(C=O)cc1.CCOC. The van der Waals surface area contributed by atoms with Gasteiger partial charge in [0.25, 0.3) is 0 Å². The van der Waals surface area contributed by atoms with Crippen LogP contribution in [0.3, 0.4) is 0 Å². The molecular weight excluding hydrogens is 176 g/mol. The Morgan fingerprint density at radius 3 is 2.00 bits per heavy atom. The Morgan fingerprint density at radius 2 is 1.71 bits per heavy atom. The molecule has 76 valence electrons. The molecule has 0 amide bonds. The zero-order chi connectivity index (χ0) is 10.8. The van der Waals surface area contributed by atoms with Gasteiger partial charge in [0.05, 0.1) is 0 Å². The summed E-state index contributed by atoms with van der Waals surface area (Å²) in [7, 11) is 1.68. The lowest BCUT2D eigenvalue weighted by molar-refractivity contribution is 0.112. The van der Waals surface area contributed by atoms with Gasteiger partial charge in [-0.1, -0.05) is 36.9 Å². The normalized spacial score (nSPS) is 8.43. The van der Waals surface area contributed by atoms with Gasteiger partial charge in [-0.05, 0) is 12.5 Å². The maximum absolute atomic E-state index is 10.2. The Kier molecular flexibility index (Phi) is 7.37. The second-order valence-corrected chi connectivity index (χ2v) is 2.57. The van der Waals surface area contributed by atoms with Crippen molar-refractivity contribution in [2.75, 3.05) is 13.7 Å². The standard InChI is InChI=1S/C9H8O.C3H8O/c1-2-8-3-5-9(7-10)6-4-8;1-3-4-2/h2-7H,1H2;3H2,1-2H3. The molecule has 0 aromatic heterocycles. The summed E-state index contributed by atoms with van der Waals surface area (Å²) in [6.45, 7) is 6.38. The van der Waals surface area contributed by atoms with E-state index in [-0.39, 0.29) is 0 Å². The summed E-state index contributed by atoms with van der Waals surface area (Å²) in [6, 6.07) is 7.25. The Labute approximate surface area is 85.2 Å². The highest BCUT2D eigenvalue weighted by atomic mass is 16.5. The second kappa shape index (κ2) is 8.20. The van der Waals surface area contributed by atoms with Crippen LogP contribution in [0.25, 0.3) is 6.08 Å². The molecule has 0 radical (unpaired) electrons. The van der Waals surface area contributed by atoms with Crippen molar-refractivity contribution in [1.29, 1.82) is 0 Å². The molecule has 0 fully saturated rings. The van der Waals surface area contributed by atoms with Gasteiger partial charge in [-0.25, -0.2) is 0 Å². The molecule has 0 spiro atoms. The first-order valence-corrected chi connectivity index (χ1v) is 4.45. The molecule has 1 rings (SSSR count). The van der Waals surface area contributed by atoms with Gasteiger partial charge in [-0.15, -0.1) is 0 Å². The Balaban J connectivity index is 0.000000364. The second-order valence-electron chi connectivity index (χ2n) is 2.57. The minimum atomic E-state index is 0.700. The Bertz CT molecular complexity index is 233. The first-order valence-electron chi connectivity index (χ1n) is 4.45. The molecule has 0 aliphatic carbocycles. The Morgan fingerprint density at radius 1 is 1.29 bits per heavy atom. The highest BCUT2D eigenvalue weighted by Crippen LogP contribution is 2.02. The summed E-state index contributed by atoms with van der Waals surface area (Å²) < 4.78 is 4.54. The van der Waals surface area contributed by atoms with Crippen LogP contribution in [0.15, 0.2) is 30.8 Å². The maximum Gasteiger partial charge on any atom is 0.150 e. The fourth-order valence-corrected chi connectivity index (χ4v) is 0.711. The van der Waals surface area contributed by atoms with Crippen molar-refractivity contribution in [3.8, 4) is 0 Å². The van der Waals surface area contributed by atoms with Crippen LogP contribution in [-0.2, 0) is 4.74 Å². The van der Waals surface area contributed by atoms with E-state index < -0.39 is 0 Å². The van der Waals surface area contributed by atoms with Crippen LogP contribution in [0.5, 0.6) is 0 Å². The van der Waals surface area contributed by atoms with Gasteiger partial charge in [-0.3, -0.25) is 4.79 Å². The lowest BCUT2D eigenvalue weighted by atomic mass is 10.1. The van der Waals surface area contributed by atoms with Crippen molar-refractivity contribution in [1.82, 2.24) is 0 Å². The highest BCUT2D eigenvalue weighted by molar-refractivity contribution is 5.75. The van der Waals surface area contributed by atoms with Crippen LogP contribution in [0.4, 0.5) is 0 Å². The fraction of sp³-hybridized carbons (Fsp3) is 0.250. The molecule has 2 heteroatoms. The minimum absolute atomic E-state index is 0.700. The summed E-state index contributed by atoms with van der Waals surface area (Å²) in [5.41, 5.74) is 1.73. The first-order chi connectivity index (χ1) is 6.78. The van der Waals surface area contributed by atoms with Gasteiger partial charge in [0.2, 0.25) is 0 Å². The predicted molar refractivity (Wildman–Crippen MR) is 59.5 cm³/mol. The number of hydrogen-bond acceptors (Lipinski definition) is 2. The summed E-state index contributed by atoms with van der Waals surface area (Å²) in [5, 5.41) is 0. The molecule has 1 aromatic rings. The van der Waals surface area contributed by atoms with Crippen LogP contribution in [0, 0.1) is 0 Å². The average molecular weight is 192 g/mol. The molecule has 0 aliphatic heterocycles. The van der Waals surface area contributed by atoms with E-state index in [1.807, 2.05) is 19.1 Å². The summed E-state index contributed by atoms with van der Waals surface area (Å²) in [6.07, 6.45) is 2.57. The lowest BCUT2D eigenvalue weighted by Gasteiger charge is -1.90. The monoisotopic (exact) mass is 192 g/mol. The molecule has 1 aromatic carbocycles. The van der Waals surface area contributed by atoms with Crippen LogP contribution in [-0.4, -0.2) is 20.0 Å². The van der Waals surface area contributed by atoms with Crippen molar-refractivity contribution in [3.05, 3.63) is 42.0 Å². The molecule has 0 atom stereocenters. The van der Waals surface area contributed by atoms with Crippen LogP contribution >= 0.6 is 0 Å². The number of benzene rings is 1. The van der Waals surface area contributed by atoms with E-state index >= 15 is 0 Å². The topological polar surface area (TPSA) is 26.3 Å². The average Bonchev–Trinajstić information content (AvgIpc) is 2.29. The van der Waals surface area contributed by atoms with E-state index in [4.69, 9.17) is 0 Å². The number of ether oxygens (including phenoxy) is 1. The van der Waals surface area contributed by atoms with Crippen LogP contribution in [0.2, 0.25) is 0 Å². The van der Waals surface area contributed by atoms with Crippen molar-refractivity contribution in [2.24, 2.45) is 0 Å². The fourth-order valence-electron chi connectivity index (χ4n) is 0.711. The van der Waals surface area contributed by atoms with Gasteiger partial charge >= 0.3 is 0 Å². The van der Waals surface area contributed by atoms with Crippen LogP contribution in [0.1, 0.15) is 22.8 Å². The zero-order valence-corrected chi connectivity index (χ0v) is 8.69. The van der Waals surface area contributed by atoms with Crippen molar-refractivity contribution < 1.29 is 9.53 Å². The third-order valence-corrected chi connectivity index (χ3v) is 1.60. The van der Waals surface area contributed by atoms with Gasteiger partial charge in [0.15, 0.2) is 0 Å². The number of carbonyl (C=O) groups is 1. The number of rotatable bonds is 3. The molecule has 0 heterocycles. The third kappa shape index (κ3) is 5.27. The number of methoxy groups -OCH3 is 1. The van der Waals surface area contributed by atoms with E-state index in [0.717, 1.165) is 18.5 Å². The molecule has 2 nitrogen and oxygen atoms in total. The molecular formula is C12H16O2. The van der Waals surface area contributed by atoms with E-state index in [1.165, 1.54) is 0 Å². The van der Waals surface area contributed by atoms with Crippen molar-refractivity contribution in [3.63, 3.8) is 0 Å². The van der Waals surface area contributed by atoms with E-state index in [2.05, 4.69) is 11.3 Å². The number of aldehydes is 1. The van der Waals surface area contributed by atoms with Crippen molar-refractivity contribution in [2.45, 2.75) is 6.92 Å². The maximum atomic E-state index is 10.2. The third-order valence-electron chi connectivity index (χ3n) is 1.60.